The quantitative estimate of drug-likeness (QED) is 0.274. The Bertz CT molecular complexity index is 1540. The summed E-state index contributed by atoms with van der Waals surface area (Å²) in [4.78, 5) is 20.8. The minimum Gasteiger partial charge on any atom is -0.334 e. The van der Waals surface area contributed by atoms with E-state index < -0.39 is 5.67 Å². The standard InChI is InChI=1S/C34H40FN5O2/c1-39-26(22-5-6-22)16-27(37-39)33-12-9-31(10-13-33,11-14-33)21-40(28(41)17-32-18-34(35,19-32)20-32)25-4-2-3-24(15-25)30-36-29(38-42-30)23-7-8-23/h2-4,15-16,22-23H,5-14,17-21H2,1H3. The zero-order valence-electron chi connectivity index (χ0n) is 24.6. The molecule has 8 aliphatic carbocycles. The lowest BCUT2D eigenvalue weighted by Gasteiger charge is -2.66. The average Bonchev–Trinajstić information content (AvgIpc) is 3.91. The van der Waals surface area contributed by atoms with Crippen LogP contribution in [0.4, 0.5) is 10.1 Å². The third kappa shape index (κ3) is 4.03. The van der Waals surface area contributed by atoms with Crippen LogP contribution in [0.15, 0.2) is 34.9 Å². The Labute approximate surface area is 246 Å². The molecular formula is C34H40FN5O2. The SMILES string of the molecule is Cn1nc(C23CCC(CN(C(=O)CC45CC(F)(C4)C5)c4cccc(-c5nc(C6CC6)no5)c4)(CC2)CC3)cc1C1CC1. The maximum absolute atomic E-state index is 14.4. The molecule has 8 fully saturated rings. The highest BCUT2D eigenvalue weighted by molar-refractivity contribution is 5.94. The molecule has 1 aromatic carbocycles. The largest absolute Gasteiger partial charge is 0.334 e. The molecule has 0 atom stereocenters. The van der Waals surface area contributed by atoms with Gasteiger partial charge in [-0.1, -0.05) is 11.2 Å². The second-order valence-corrected chi connectivity index (χ2v) is 15.3. The van der Waals surface area contributed by atoms with Gasteiger partial charge >= 0.3 is 0 Å². The molecular weight excluding hydrogens is 529 g/mol. The van der Waals surface area contributed by atoms with Crippen molar-refractivity contribution >= 4 is 11.6 Å². The maximum Gasteiger partial charge on any atom is 0.258 e. The Morgan fingerprint density at radius 2 is 1.71 bits per heavy atom. The molecule has 4 bridgehead atoms. The summed E-state index contributed by atoms with van der Waals surface area (Å²) in [7, 11) is 2.11. The van der Waals surface area contributed by atoms with Gasteiger partial charge in [0.25, 0.3) is 5.89 Å². The molecule has 0 saturated heterocycles. The number of aryl methyl sites for hydroxylation is 1. The first-order chi connectivity index (χ1) is 20.2. The molecule has 8 saturated carbocycles. The lowest BCUT2D eigenvalue weighted by atomic mass is 9.41. The van der Waals surface area contributed by atoms with Gasteiger partial charge in [-0.05, 0) is 119 Å². The van der Waals surface area contributed by atoms with E-state index in [9.17, 15) is 9.18 Å². The van der Waals surface area contributed by atoms with Crippen LogP contribution in [0.25, 0.3) is 11.5 Å². The molecule has 0 radical (unpaired) electrons. The summed E-state index contributed by atoms with van der Waals surface area (Å²) in [5.41, 5.74) is 3.61. The average molecular weight is 570 g/mol. The second-order valence-electron chi connectivity index (χ2n) is 15.3. The number of nitrogens with zero attached hydrogens (tertiary/aromatic N) is 5. The lowest BCUT2D eigenvalue weighted by Crippen LogP contribution is -2.65. The summed E-state index contributed by atoms with van der Waals surface area (Å²) in [6.45, 7) is 0.717. The van der Waals surface area contributed by atoms with Gasteiger partial charge in [-0.15, -0.1) is 0 Å². The van der Waals surface area contributed by atoms with Crippen molar-refractivity contribution in [2.45, 2.75) is 113 Å². The fourth-order valence-electron chi connectivity index (χ4n) is 9.18. The van der Waals surface area contributed by atoms with Crippen LogP contribution in [0.1, 0.15) is 119 Å². The van der Waals surface area contributed by atoms with E-state index in [4.69, 9.17) is 9.62 Å². The van der Waals surface area contributed by atoms with Gasteiger partial charge in [0.2, 0.25) is 5.91 Å². The van der Waals surface area contributed by atoms with E-state index in [0.29, 0.717) is 43.4 Å². The number of amides is 1. The first-order valence-electron chi connectivity index (χ1n) is 16.2. The highest BCUT2D eigenvalue weighted by Gasteiger charge is 2.69. The monoisotopic (exact) mass is 569 g/mol. The van der Waals surface area contributed by atoms with Crippen LogP contribution in [0, 0.1) is 10.8 Å². The van der Waals surface area contributed by atoms with Crippen molar-refractivity contribution in [1.29, 1.82) is 0 Å². The number of anilines is 1. The van der Waals surface area contributed by atoms with Gasteiger partial charge in [0, 0.05) is 54.2 Å². The van der Waals surface area contributed by atoms with E-state index in [1.165, 1.54) is 24.2 Å². The topological polar surface area (TPSA) is 77.1 Å². The van der Waals surface area contributed by atoms with Crippen LogP contribution in [-0.2, 0) is 17.3 Å². The van der Waals surface area contributed by atoms with Crippen LogP contribution in [0.3, 0.4) is 0 Å². The fourth-order valence-corrected chi connectivity index (χ4v) is 9.18. The van der Waals surface area contributed by atoms with E-state index in [1.54, 1.807) is 0 Å². The zero-order chi connectivity index (χ0) is 28.3. The molecule has 2 aromatic heterocycles. The highest BCUT2D eigenvalue weighted by atomic mass is 19.1. The number of hydrogen-bond donors (Lipinski definition) is 0. The van der Waals surface area contributed by atoms with Gasteiger partial charge in [-0.2, -0.15) is 10.1 Å². The van der Waals surface area contributed by atoms with E-state index in [1.807, 2.05) is 29.2 Å². The molecule has 11 rings (SSSR count). The summed E-state index contributed by atoms with van der Waals surface area (Å²) >= 11 is 0. The van der Waals surface area contributed by atoms with Crippen LogP contribution in [0.5, 0.6) is 0 Å². The molecule has 3 aromatic rings. The van der Waals surface area contributed by atoms with Gasteiger partial charge in [0.15, 0.2) is 5.82 Å². The van der Waals surface area contributed by atoms with Crippen LogP contribution >= 0.6 is 0 Å². The van der Waals surface area contributed by atoms with Gasteiger partial charge in [-0.3, -0.25) is 9.48 Å². The van der Waals surface area contributed by atoms with Crippen LogP contribution in [-0.4, -0.2) is 38.0 Å². The smallest absolute Gasteiger partial charge is 0.258 e. The second kappa shape index (κ2) is 8.54. The van der Waals surface area contributed by atoms with E-state index in [-0.39, 0.29) is 22.2 Å². The summed E-state index contributed by atoms with van der Waals surface area (Å²) in [5, 5.41) is 9.25. The molecule has 0 spiro atoms. The third-order valence-corrected chi connectivity index (χ3v) is 12.0. The van der Waals surface area contributed by atoms with Crippen molar-refractivity contribution in [3.63, 3.8) is 0 Å². The van der Waals surface area contributed by atoms with E-state index in [0.717, 1.165) is 75.0 Å². The molecule has 7 nitrogen and oxygen atoms in total. The van der Waals surface area contributed by atoms with Crippen molar-refractivity contribution in [2.24, 2.45) is 17.9 Å². The van der Waals surface area contributed by atoms with Crippen LogP contribution in [0.2, 0.25) is 0 Å². The van der Waals surface area contributed by atoms with Crippen molar-refractivity contribution in [1.82, 2.24) is 19.9 Å². The molecule has 8 aliphatic rings. The maximum atomic E-state index is 14.4. The molecule has 0 aliphatic heterocycles. The number of fused-ring (bicyclic) bond motifs is 3. The number of carbonyl (C=O) groups excluding carboxylic acids is 1. The lowest BCUT2D eigenvalue weighted by molar-refractivity contribution is -0.215. The number of rotatable bonds is 9. The number of carbonyl (C=O) groups is 1. The van der Waals surface area contributed by atoms with Gasteiger partial charge in [0.05, 0.1) is 5.69 Å². The molecule has 1 amide bonds. The van der Waals surface area contributed by atoms with Gasteiger partial charge in [-0.25, -0.2) is 4.39 Å². The number of halogens is 1. The highest BCUT2D eigenvalue weighted by Crippen LogP contribution is 2.71. The minimum absolute atomic E-state index is 0.103. The molecule has 8 heteroatoms. The number of benzene rings is 1. The molecule has 2 heterocycles. The van der Waals surface area contributed by atoms with E-state index >= 15 is 0 Å². The Balaban J connectivity index is 0.981. The number of aromatic nitrogens is 4. The summed E-state index contributed by atoms with van der Waals surface area (Å²) in [6, 6.07) is 10.5. The summed E-state index contributed by atoms with van der Waals surface area (Å²) in [5.74, 6) is 2.56. The number of hydrogen-bond acceptors (Lipinski definition) is 5. The zero-order valence-corrected chi connectivity index (χ0v) is 24.6. The van der Waals surface area contributed by atoms with Crippen molar-refractivity contribution < 1.29 is 13.7 Å². The Hall–Kier alpha value is -3.03. The summed E-state index contributed by atoms with van der Waals surface area (Å²) in [6.07, 6.45) is 13.6. The van der Waals surface area contributed by atoms with E-state index in [2.05, 4.69) is 27.9 Å². The number of alkyl halides is 1. The minimum atomic E-state index is -0.998. The normalized spacial score (nSPS) is 34.6. The van der Waals surface area contributed by atoms with Gasteiger partial charge < -0.3 is 9.42 Å². The Morgan fingerprint density at radius 3 is 2.38 bits per heavy atom. The molecule has 220 valence electrons. The summed E-state index contributed by atoms with van der Waals surface area (Å²) < 4.78 is 22.2. The van der Waals surface area contributed by atoms with Gasteiger partial charge in [0.1, 0.15) is 5.67 Å². The van der Waals surface area contributed by atoms with Crippen molar-refractivity contribution in [3.05, 3.63) is 47.5 Å². The predicted molar refractivity (Wildman–Crippen MR) is 156 cm³/mol. The molecule has 0 unspecified atom stereocenters. The Kier molecular flexibility index (Phi) is 5.18. The Morgan fingerprint density at radius 1 is 1.00 bits per heavy atom. The fraction of sp³-hybridized carbons (Fsp3) is 0.647. The van der Waals surface area contributed by atoms with Crippen molar-refractivity contribution in [3.8, 4) is 11.5 Å². The van der Waals surface area contributed by atoms with Crippen LogP contribution < -0.4 is 4.90 Å². The molecule has 0 N–H and O–H groups in total. The first kappa shape index (κ1) is 25.5. The predicted octanol–water partition coefficient (Wildman–Crippen LogP) is 7.13. The third-order valence-electron chi connectivity index (χ3n) is 12.0. The van der Waals surface area contributed by atoms with Crippen molar-refractivity contribution in [2.75, 3.05) is 11.4 Å². The molecule has 42 heavy (non-hydrogen) atoms. The first-order valence-corrected chi connectivity index (χ1v) is 16.2.